The van der Waals surface area contributed by atoms with Gasteiger partial charge < -0.3 is 9.80 Å². The first kappa shape index (κ1) is 11.1. The molecule has 0 aromatic carbocycles. The van der Waals surface area contributed by atoms with Gasteiger partial charge in [0.05, 0.1) is 0 Å². The van der Waals surface area contributed by atoms with E-state index < -0.39 is 0 Å². The third kappa shape index (κ3) is 2.61. The number of nitrogens with zero attached hydrogens (tertiary/aromatic N) is 2. The van der Waals surface area contributed by atoms with Gasteiger partial charge in [0.2, 0.25) is 0 Å². The molecule has 0 N–H and O–H groups in total. The summed E-state index contributed by atoms with van der Waals surface area (Å²) in [4.78, 5) is 4.18. The highest BCUT2D eigenvalue weighted by molar-refractivity contribution is 4.82. The Morgan fingerprint density at radius 3 is 1.50 bits per heavy atom. The fraction of sp³-hybridized carbons (Fsp3) is 0.600. The maximum Gasteiger partial charge on any atom is 0.102 e. The van der Waals surface area contributed by atoms with E-state index in [1.165, 1.54) is 0 Å². The molecule has 0 saturated heterocycles. The van der Waals surface area contributed by atoms with E-state index in [0.717, 1.165) is 0 Å². The summed E-state index contributed by atoms with van der Waals surface area (Å²) in [5.74, 6) is 0.552. The SMILES string of the molecule is C=CN(C)C(C(C)C)N(C)C=C. The number of rotatable bonds is 5. The topological polar surface area (TPSA) is 6.48 Å². The molecule has 0 radical (unpaired) electrons. The monoisotopic (exact) mass is 168 g/mol. The van der Waals surface area contributed by atoms with Gasteiger partial charge in [-0.3, -0.25) is 0 Å². The molecule has 0 aliphatic rings. The van der Waals surface area contributed by atoms with E-state index in [1.807, 2.05) is 26.5 Å². The number of hydrogen-bond acceptors (Lipinski definition) is 2. The van der Waals surface area contributed by atoms with E-state index in [0.29, 0.717) is 12.1 Å². The quantitative estimate of drug-likeness (QED) is 0.580. The predicted molar refractivity (Wildman–Crippen MR) is 54.5 cm³/mol. The van der Waals surface area contributed by atoms with Crippen molar-refractivity contribution < 1.29 is 0 Å². The molecule has 0 unspecified atom stereocenters. The van der Waals surface area contributed by atoms with Crippen LogP contribution >= 0.6 is 0 Å². The van der Waals surface area contributed by atoms with Gasteiger partial charge in [-0.25, -0.2) is 0 Å². The minimum atomic E-state index is 0.347. The fourth-order valence-electron chi connectivity index (χ4n) is 1.44. The summed E-state index contributed by atoms with van der Waals surface area (Å²) < 4.78 is 0. The zero-order chi connectivity index (χ0) is 9.72. The summed E-state index contributed by atoms with van der Waals surface area (Å²) in [7, 11) is 4.05. The number of hydrogen-bond donors (Lipinski definition) is 0. The highest BCUT2D eigenvalue weighted by atomic mass is 15.3. The zero-order valence-corrected chi connectivity index (χ0v) is 8.62. The second-order valence-electron chi connectivity index (χ2n) is 3.35. The third-order valence-electron chi connectivity index (χ3n) is 2.01. The zero-order valence-electron chi connectivity index (χ0n) is 8.62. The van der Waals surface area contributed by atoms with Gasteiger partial charge in [0, 0.05) is 14.1 Å². The molecule has 0 bridgehead atoms. The molecule has 0 aliphatic carbocycles. The third-order valence-corrected chi connectivity index (χ3v) is 2.01. The van der Waals surface area contributed by atoms with E-state index in [1.54, 1.807) is 0 Å². The van der Waals surface area contributed by atoms with Gasteiger partial charge in [-0.2, -0.15) is 0 Å². The summed E-state index contributed by atoms with van der Waals surface area (Å²) in [6.45, 7) is 11.9. The lowest BCUT2D eigenvalue weighted by Gasteiger charge is -2.36. The molecule has 0 atom stereocenters. The highest BCUT2D eigenvalue weighted by Crippen LogP contribution is 2.12. The first-order valence-corrected chi connectivity index (χ1v) is 4.23. The Morgan fingerprint density at radius 2 is 1.33 bits per heavy atom. The summed E-state index contributed by atoms with van der Waals surface area (Å²) in [5.41, 5.74) is 0. The van der Waals surface area contributed by atoms with Crippen LogP contribution in [-0.4, -0.2) is 30.1 Å². The smallest absolute Gasteiger partial charge is 0.102 e. The Hall–Kier alpha value is -0.920. The first-order valence-electron chi connectivity index (χ1n) is 4.23. The van der Waals surface area contributed by atoms with Crippen molar-refractivity contribution >= 4 is 0 Å². The van der Waals surface area contributed by atoms with E-state index in [2.05, 4.69) is 36.8 Å². The highest BCUT2D eigenvalue weighted by Gasteiger charge is 2.17. The maximum atomic E-state index is 3.75. The standard InChI is InChI=1S/C10H20N2/c1-7-11(5)10(9(3)4)12(6)8-2/h7-10H,1-2H2,3-6H3. The van der Waals surface area contributed by atoms with E-state index in [4.69, 9.17) is 0 Å². The van der Waals surface area contributed by atoms with Crippen LogP contribution in [0.1, 0.15) is 13.8 Å². The van der Waals surface area contributed by atoms with Crippen LogP contribution in [0.5, 0.6) is 0 Å². The molecule has 0 spiro atoms. The molecule has 70 valence electrons. The van der Waals surface area contributed by atoms with Crippen molar-refractivity contribution in [1.29, 1.82) is 0 Å². The Balaban J connectivity index is 4.41. The van der Waals surface area contributed by atoms with Crippen LogP contribution in [0.2, 0.25) is 0 Å². The average Bonchev–Trinajstić information content (AvgIpc) is 2.03. The minimum absolute atomic E-state index is 0.347. The van der Waals surface area contributed by atoms with Gasteiger partial charge in [-0.1, -0.05) is 27.0 Å². The molecule has 0 fully saturated rings. The molecule has 0 heterocycles. The van der Waals surface area contributed by atoms with Crippen molar-refractivity contribution in [3.05, 3.63) is 25.6 Å². The molecule has 0 aliphatic heterocycles. The second kappa shape index (κ2) is 4.86. The lowest BCUT2D eigenvalue weighted by molar-refractivity contribution is 0.119. The Bertz CT molecular complexity index is 138. The lowest BCUT2D eigenvalue weighted by atomic mass is 10.1. The molecule has 2 heteroatoms. The first-order chi connectivity index (χ1) is 5.54. The maximum absolute atomic E-state index is 3.75. The molecule has 0 saturated carbocycles. The van der Waals surface area contributed by atoms with Gasteiger partial charge in [-0.15, -0.1) is 0 Å². The average molecular weight is 168 g/mol. The van der Waals surface area contributed by atoms with Gasteiger partial charge >= 0.3 is 0 Å². The van der Waals surface area contributed by atoms with Crippen LogP contribution in [0.15, 0.2) is 25.6 Å². The second-order valence-corrected chi connectivity index (χ2v) is 3.35. The predicted octanol–water partition coefficient (Wildman–Crippen LogP) is 2.12. The lowest BCUT2D eigenvalue weighted by Crippen LogP contribution is -2.42. The minimum Gasteiger partial charge on any atom is -0.361 e. The van der Waals surface area contributed by atoms with Crippen molar-refractivity contribution in [2.75, 3.05) is 14.1 Å². The molecule has 0 amide bonds. The molecule has 12 heavy (non-hydrogen) atoms. The van der Waals surface area contributed by atoms with Gasteiger partial charge in [0.25, 0.3) is 0 Å². The van der Waals surface area contributed by atoms with E-state index in [-0.39, 0.29) is 0 Å². The van der Waals surface area contributed by atoms with Gasteiger partial charge in [-0.05, 0) is 18.3 Å². The summed E-state index contributed by atoms with van der Waals surface area (Å²) >= 11 is 0. The Kier molecular flexibility index (Phi) is 4.49. The van der Waals surface area contributed by atoms with Crippen molar-refractivity contribution in [2.24, 2.45) is 5.92 Å². The molecule has 0 aromatic rings. The van der Waals surface area contributed by atoms with E-state index >= 15 is 0 Å². The van der Waals surface area contributed by atoms with Crippen molar-refractivity contribution in [3.8, 4) is 0 Å². The summed E-state index contributed by atoms with van der Waals surface area (Å²) in [6, 6.07) is 0. The molecular weight excluding hydrogens is 148 g/mol. The van der Waals surface area contributed by atoms with E-state index in [9.17, 15) is 0 Å². The van der Waals surface area contributed by atoms with Crippen LogP contribution in [0, 0.1) is 5.92 Å². The van der Waals surface area contributed by atoms with Crippen LogP contribution in [0.4, 0.5) is 0 Å². The summed E-state index contributed by atoms with van der Waals surface area (Å²) in [6.07, 6.45) is 4.02. The molecular formula is C10H20N2. The molecule has 0 rings (SSSR count). The van der Waals surface area contributed by atoms with Crippen LogP contribution in [0.25, 0.3) is 0 Å². The summed E-state index contributed by atoms with van der Waals surface area (Å²) in [5, 5.41) is 0. The van der Waals surface area contributed by atoms with Crippen molar-refractivity contribution in [3.63, 3.8) is 0 Å². The Labute approximate surface area is 76.2 Å². The normalized spacial score (nSPS) is 10.2. The fourth-order valence-corrected chi connectivity index (χ4v) is 1.44. The Morgan fingerprint density at radius 1 is 1.00 bits per heavy atom. The van der Waals surface area contributed by atoms with Gasteiger partial charge in [0.15, 0.2) is 0 Å². The van der Waals surface area contributed by atoms with Gasteiger partial charge in [0.1, 0.15) is 6.17 Å². The molecule has 0 aromatic heterocycles. The van der Waals surface area contributed by atoms with Crippen LogP contribution in [0.3, 0.4) is 0 Å². The molecule has 2 nitrogen and oxygen atoms in total. The van der Waals surface area contributed by atoms with Crippen molar-refractivity contribution in [2.45, 2.75) is 20.0 Å². The largest absolute Gasteiger partial charge is 0.361 e. The van der Waals surface area contributed by atoms with Crippen molar-refractivity contribution in [1.82, 2.24) is 9.80 Å². The van der Waals surface area contributed by atoms with Crippen LogP contribution in [-0.2, 0) is 0 Å². The van der Waals surface area contributed by atoms with Crippen LogP contribution < -0.4 is 0 Å².